The van der Waals surface area contributed by atoms with Crippen molar-refractivity contribution in [2.24, 2.45) is 5.10 Å². The lowest BCUT2D eigenvalue weighted by atomic mass is 10.2. The van der Waals surface area contributed by atoms with Crippen molar-refractivity contribution < 1.29 is 9.18 Å². The molecule has 0 spiro atoms. The number of amides is 1. The van der Waals surface area contributed by atoms with Gasteiger partial charge in [-0.3, -0.25) is 14.6 Å². The molecule has 0 aliphatic heterocycles. The second-order valence-corrected chi connectivity index (χ2v) is 5.00. The van der Waals surface area contributed by atoms with E-state index in [2.05, 4.69) is 20.9 Å². The van der Waals surface area contributed by atoms with Gasteiger partial charge in [0.2, 0.25) is 5.82 Å². The Bertz CT molecular complexity index is 874. The number of benzene rings is 1. The van der Waals surface area contributed by atoms with E-state index in [9.17, 15) is 18.8 Å². The summed E-state index contributed by atoms with van der Waals surface area (Å²) in [5.74, 6) is -1.44. The maximum Gasteiger partial charge on any atom is 0.342 e. The minimum atomic E-state index is -0.905. The van der Waals surface area contributed by atoms with E-state index >= 15 is 0 Å². The lowest BCUT2D eigenvalue weighted by molar-refractivity contribution is -0.121. The van der Waals surface area contributed by atoms with Gasteiger partial charge in [0.1, 0.15) is 11.9 Å². The predicted molar refractivity (Wildman–Crippen MR) is 85.7 cm³/mol. The van der Waals surface area contributed by atoms with Crippen LogP contribution in [0.3, 0.4) is 0 Å². The van der Waals surface area contributed by atoms with E-state index in [1.165, 1.54) is 25.1 Å². The van der Waals surface area contributed by atoms with Gasteiger partial charge in [0.15, 0.2) is 0 Å². The SMILES string of the molecule is C[C@H](Nc1n[nH]c(=O)[nH]c1=O)C(=O)N/N=C\c1c(F)cccc1Cl. The lowest BCUT2D eigenvalue weighted by Crippen LogP contribution is -2.38. The highest BCUT2D eigenvalue weighted by Gasteiger charge is 2.14. The highest BCUT2D eigenvalue weighted by atomic mass is 35.5. The molecule has 0 aliphatic carbocycles. The van der Waals surface area contributed by atoms with Crippen molar-refractivity contribution in [2.45, 2.75) is 13.0 Å². The van der Waals surface area contributed by atoms with E-state index < -0.39 is 29.0 Å². The Hall–Kier alpha value is -3.01. The normalized spacial score (nSPS) is 12.1. The molecule has 4 N–H and O–H groups in total. The zero-order valence-electron chi connectivity index (χ0n) is 12.3. The molecule has 0 radical (unpaired) electrons. The molecule has 2 rings (SSSR count). The van der Waals surface area contributed by atoms with Gasteiger partial charge in [-0.15, -0.1) is 5.10 Å². The first-order valence-electron chi connectivity index (χ1n) is 6.61. The Labute approximate surface area is 138 Å². The molecule has 1 amide bonds. The van der Waals surface area contributed by atoms with Gasteiger partial charge in [0, 0.05) is 5.56 Å². The molecule has 0 bridgehead atoms. The van der Waals surface area contributed by atoms with E-state index in [0.29, 0.717) is 0 Å². The number of halogens is 2. The van der Waals surface area contributed by atoms with Crippen LogP contribution in [0, 0.1) is 5.82 Å². The molecule has 0 saturated heterocycles. The van der Waals surface area contributed by atoms with Crippen molar-refractivity contribution in [3.63, 3.8) is 0 Å². The number of hydrogen-bond acceptors (Lipinski definition) is 6. The Morgan fingerprint density at radius 2 is 2.21 bits per heavy atom. The number of nitrogens with one attached hydrogen (secondary N) is 4. The number of carbonyl (C=O) groups is 1. The summed E-state index contributed by atoms with van der Waals surface area (Å²) >= 11 is 5.81. The minimum Gasteiger partial charge on any atom is -0.353 e. The van der Waals surface area contributed by atoms with E-state index in [0.717, 1.165) is 6.21 Å². The molecule has 2 aromatic rings. The van der Waals surface area contributed by atoms with Crippen LogP contribution in [0.15, 0.2) is 32.9 Å². The van der Waals surface area contributed by atoms with Crippen LogP contribution in [0.5, 0.6) is 0 Å². The number of hydrogen-bond donors (Lipinski definition) is 4. The van der Waals surface area contributed by atoms with E-state index in [1.54, 1.807) is 0 Å². The largest absolute Gasteiger partial charge is 0.353 e. The van der Waals surface area contributed by atoms with Gasteiger partial charge in [-0.25, -0.2) is 19.7 Å². The Morgan fingerprint density at radius 1 is 1.46 bits per heavy atom. The third-order valence-electron chi connectivity index (χ3n) is 2.83. The van der Waals surface area contributed by atoms with Crippen molar-refractivity contribution in [1.82, 2.24) is 20.6 Å². The maximum atomic E-state index is 13.5. The summed E-state index contributed by atoms with van der Waals surface area (Å²) in [6.07, 6.45) is 1.06. The first-order chi connectivity index (χ1) is 11.4. The van der Waals surface area contributed by atoms with Crippen molar-refractivity contribution in [2.75, 3.05) is 5.32 Å². The highest BCUT2D eigenvalue weighted by Crippen LogP contribution is 2.16. The molecule has 1 heterocycles. The molecule has 1 aromatic heterocycles. The fraction of sp³-hybridized carbons (Fsp3) is 0.154. The summed E-state index contributed by atoms with van der Waals surface area (Å²) in [5.41, 5.74) is 0.647. The fourth-order valence-corrected chi connectivity index (χ4v) is 1.82. The van der Waals surface area contributed by atoms with Crippen LogP contribution in [0.1, 0.15) is 12.5 Å². The molecule has 24 heavy (non-hydrogen) atoms. The minimum absolute atomic E-state index is 0.0267. The number of H-pyrrole nitrogens is 2. The van der Waals surface area contributed by atoms with Gasteiger partial charge < -0.3 is 5.32 Å². The summed E-state index contributed by atoms with van der Waals surface area (Å²) < 4.78 is 13.5. The third-order valence-corrected chi connectivity index (χ3v) is 3.16. The van der Waals surface area contributed by atoms with Gasteiger partial charge >= 0.3 is 5.69 Å². The Balaban J connectivity index is 2.00. The Kier molecular flexibility index (Phi) is 5.42. The molecule has 1 atom stereocenters. The number of hydrazone groups is 1. The molecule has 9 nitrogen and oxygen atoms in total. The van der Waals surface area contributed by atoms with Gasteiger partial charge in [0.05, 0.1) is 11.2 Å². The molecule has 1 aromatic carbocycles. The van der Waals surface area contributed by atoms with Gasteiger partial charge in [0.25, 0.3) is 11.5 Å². The second-order valence-electron chi connectivity index (χ2n) is 4.59. The Morgan fingerprint density at radius 3 is 2.88 bits per heavy atom. The maximum absolute atomic E-state index is 13.5. The average Bonchev–Trinajstić information content (AvgIpc) is 2.52. The summed E-state index contributed by atoms with van der Waals surface area (Å²) in [4.78, 5) is 36.1. The first-order valence-corrected chi connectivity index (χ1v) is 6.98. The summed E-state index contributed by atoms with van der Waals surface area (Å²) in [7, 11) is 0. The van der Waals surface area contributed by atoms with Crippen LogP contribution >= 0.6 is 11.6 Å². The highest BCUT2D eigenvalue weighted by molar-refractivity contribution is 6.33. The number of anilines is 1. The van der Waals surface area contributed by atoms with Crippen molar-refractivity contribution in [1.29, 1.82) is 0 Å². The summed E-state index contributed by atoms with van der Waals surface area (Å²) in [5, 5.41) is 11.7. The zero-order valence-corrected chi connectivity index (χ0v) is 13.0. The van der Waals surface area contributed by atoms with Gasteiger partial charge in [-0.1, -0.05) is 17.7 Å². The predicted octanol–water partition coefficient (Wildman–Crippen LogP) is 0.201. The summed E-state index contributed by atoms with van der Waals surface area (Å²) in [6.45, 7) is 1.44. The van der Waals surface area contributed by atoms with Gasteiger partial charge in [-0.05, 0) is 19.1 Å². The molecule has 0 unspecified atom stereocenters. The molecule has 0 saturated carbocycles. The number of nitrogens with zero attached hydrogens (tertiary/aromatic N) is 2. The molecular weight excluding hydrogens is 343 g/mol. The van der Waals surface area contributed by atoms with Crippen molar-refractivity contribution in [3.05, 3.63) is 55.4 Å². The standard InChI is InChI=1S/C13H12ClFN6O3/c1-6(17-10-12(23)18-13(24)21-19-10)11(22)20-16-5-7-8(14)3-2-4-9(7)15/h2-6H,1H3,(H,17,19)(H,20,22)(H2,18,21,23,24)/b16-5-/t6-/m0/s1. The van der Waals surface area contributed by atoms with E-state index in [1.807, 2.05) is 10.1 Å². The second kappa shape index (κ2) is 7.51. The summed E-state index contributed by atoms with van der Waals surface area (Å²) in [6, 6.07) is 3.21. The average molecular weight is 355 g/mol. The molecule has 0 aliphatic rings. The van der Waals surface area contributed by atoms with Crippen LogP contribution in [0.25, 0.3) is 0 Å². The monoisotopic (exact) mass is 354 g/mol. The van der Waals surface area contributed by atoms with Crippen molar-refractivity contribution >= 4 is 29.5 Å². The lowest BCUT2D eigenvalue weighted by Gasteiger charge is -2.11. The number of rotatable bonds is 5. The number of carbonyl (C=O) groups excluding carboxylic acids is 1. The van der Waals surface area contributed by atoms with Crippen LogP contribution in [-0.2, 0) is 4.79 Å². The smallest absolute Gasteiger partial charge is 0.342 e. The van der Waals surface area contributed by atoms with Gasteiger partial charge in [-0.2, -0.15) is 5.10 Å². The topological polar surface area (TPSA) is 132 Å². The fourth-order valence-electron chi connectivity index (χ4n) is 1.61. The quantitative estimate of drug-likeness (QED) is 0.450. The third kappa shape index (κ3) is 4.26. The van der Waals surface area contributed by atoms with E-state index in [-0.39, 0.29) is 16.4 Å². The molecule has 126 valence electrons. The number of aromatic amines is 2. The first kappa shape index (κ1) is 17.3. The molecule has 0 fully saturated rings. The van der Waals surface area contributed by atoms with Crippen LogP contribution in [0.4, 0.5) is 10.2 Å². The van der Waals surface area contributed by atoms with Crippen molar-refractivity contribution in [3.8, 4) is 0 Å². The van der Waals surface area contributed by atoms with Crippen LogP contribution < -0.4 is 22.0 Å². The van der Waals surface area contributed by atoms with Crippen LogP contribution in [-0.4, -0.2) is 33.3 Å². The molecular formula is C13H12ClFN6O3. The number of aromatic nitrogens is 3. The van der Waals surface area contributed by atoms with Crippen LogP contribution in [0.2, 0.25) is 5.02 Å². The van der Waals surface area contributed by atoms with E-state index in [4.69, 9.17) is 11.6 Å². The molecule has 11 heteroatoms. The zero-order chi connectivity index (χ0) is 17.7.